The minimum atomic E-state index is -0.708. The van der Waals surface area contributed by atoms with Crippen LogP contribution < -0.4 is 5.32 Å². The molecule has 3 rings (SSSR count). The van der Waals surface area contributed by atoms with E-state index in [0.717, 1.165) is 18.4 Å². The number of benzene rings is 1. The van der Waals surface area contributed by atoms with E-state index >= 15 is 0 Å². The molecular weight excluding hydrogens is 305 g/mol. The Labute approximate surface area is 139 Å². The van der Waals surface area contributed by atoms with Crippen molar-refractivity contribution >= 4 is 12.0 Å². The quantitative estimate of drug-likeness (QED) is 0.521. The lowest BCUT2D eigenvalue weighted by Gasteiger charge is -2.18. The number of carbonyl (C=O) groups excluding carboxylic acids is 1. The number of nitrogens with one attached hydrogen (secondary N) is 1. The standard InChI is InChI=1S/C19H16FN3O/c20-18-15(7-4-10-22-18)11-16(12-21)19(24)23-17(14-8-9-14)13-5-2-1-3-6-13/h1-7,10-11,14,17H,8-9H2,(H,23,24)/t17-/m1/s1. The Hall–Kier alpha value is -3.00. The minimum absolute atomic E-state index is 0.117. The fourth-order valence-corrected chi connectivity index (χ4v) is 2.59. The van der Waals surface area contributed by atoms with Crippen LogP contribution in [0.2, 0.25) is 0 Å². The van der Waals surface area contributed by atoms with Crippen LogP contribution in [0.4, 0.5) is 4.39 Å². The smallest absolute Gasteiger partial charge is 0.262 e. The van der Waals surface area contributed by atoms with Gasteiger partial charge in [-0.1, -0.05) is 30.3 Å². The third-order valence-electron chi connectivity index (χ3n) is 3.99. The predicted molar refractivity (Wildman–Crippen MR) is 87.8 cm³/mol. The molecule has 1 aliphatic rings. The van der Waals surface area contributed by atoms with Gasteiger partial charge < -0.3 is 5.32 Å². The van der Waals surface area contributed by atoms with Gasteiger partial charge in [0.25, 0.3) is 5.91 Å². The summed E-state index contributed by atoms with van der Waals surface area (Å²) < 4.78 is 13.6. The number of pyridine rings is 1. The van der Waals surface area contributed by atoms with E-state index < -0.39 is 11.9 Å². The molecule has 0 radical (unpaired) electrons. The highest BCUT2D eigenvalue weighted by molar-refractivity contribution is 6.01. The van der Waals surface area contributed by atoms with E-state index in [2.05, 4.69) is 10.3 Å². The molecule has 0 aliphatic heterocycles. The SMILES string of the molecule is N#CC(=Cc1cccnc1F)C(=O)N[C@H](c1ccccc1)C1CC1. The summed E-state index contributed by atoms with van der Waals surface area (Å²) in [7, 11) is 0. The van der Waals surface area contributed by atoms with E-state index in [1.54, 1.807) is 6.07 Å². The Morgan fingerprint density at radius 3 is 2.67 bits per heavy atom. The summed E-state index contributed by atoms with van der Waals surface area (Å²) in [4.78, 5) is 16.0. The Morgan fingerprint density at radius 2 is 2.04 bits per heavy atom. The molecular formula is C19H16FN3O. The zero-order valence-corrected chi connectivity index (χ0v) is 12.9. The molecule has 1 fully saturated rings. The van der Waals surface area contributed by atoms with Crippen molar-refractivity contribution in [2.45, 2.75) is 18.9 Å². The molecule has 1 aromatic heterocycles. The normalized spacial score (nSPS) is 15.4. The molecule has 1 heterocycles. The largest absolute Gasteiger partial charge is 0.344 e. The van der Waals surface area contributed by atoms with Crippen molar-refractivity contribution in [3.05, 3.63) is 71.3 Å². The van der Waals surface area contributed by atoms with Crippen molar-refractivity contribution in [2.75, 3.05) is 0 Å². The molecule has 0 unspecified atom stereocenters. The summed E-state index contributed by atoms with van der Waals surface area (Å²) in [5.41, 5.74) is 0.994. The van der Waals surface area contributed by atoms with Gasteiger partial charge in [-0.25, -0.2) is 4.98 Å². The van der Waals surface area contributed by atoms with Crippen molar-refractivity contribution in [2.24, 2.45) is 5.92 Å². The third kappa shape index (κ3) is 3.66. The van der Waals surface area contributed by atoms with E-state index in [1.165, 1.54) is 18.3 Å². The first kappa shape index (κ1) is 15.9. The van der Waals surface area contributed by atoms with Gasteiger partial charge in [0.15, 0.2) is 0 Å². The number of nitriles is 1. The molecule has 120 valence electrons. The number of aromatic nitrogens is 1. The van der Waals surface area contributed by atoms with E-state index in [0.29, 0.717) is 5.92 Å². The minimum Gasteiger partial charge on any atom is -0.344 e. The molecule has 4 nitrogen and oxygen atoms in total. The second-order valence-electron chi connectivity index (χ2n) is 5.75. The van der Waals surface area contributed by atoms with Crippen LogP contribution in [0, 0.1) is 23.2 Å². The van der Waals surface area contributed by atoms with E-state index in [1.807, 2.05) is 36.4 Å². The van der Waals surface area contributed by atoms with Gasteiger partial charge in [-0.3, -0.25) is 4.79 Å². The molecule has 1 atom stereocenters. The maximum Gasteiger partial charge on any atom is 0.262 e. The summed E-state index contributed by atoms with van der Waals surface area (Å²) in [5, 5.41) is 12.2. The molecule has 1 saturated carbocycles. The maximum atomic E-state index is 13.6. The first-order valence-corrected chi connectivity index (χ1v) is 7.77. The van der Waals surface area contributed by atoms with Crippen LogP contribution in [-0.4, -0.2) is 10.9 Å². The van der Waals surface area contributed by atoms with Crippen molar-refractivity contribution in [3.63, 3.8) is 0 Å². The summed E-state index contributed by atoms with van der Waals surface area (Å²) >= 11 is 0. The molecule has 1 aromatic carbocycles. The first-order valence-electron chi connectivity index (χ1n) is 7.77. The molecule has 1 aliphatic carbocycles. The van der Waals surface area contributed by atoms with Crippen LogP contribution >= 0.6 is 0 Å². The molecule has 1 amide bonds. The van der Waals surface area contributed by atoms with Crippen molar-refractivity contribution < 1.29 is 9.18 Å². The topological polar surface area (TPSA) is 65.8 Å². The van der Waals surface area contributed by atoms with Crippen molar-refractivity contribution in [1.82, 2.24) is 10.3 Å². The Morgan fingerprint density at radius 1 is 1.29 bits per heavy atom. The number of hydrogen-bond acceptors (Lipinski definition) is 3. The fourth-order valence-electron chi connectivity index (χ4n) is 2.59. The lowest BCUT2D eigenvalue weighted by atomic mass is 10.0. The van der Waals surface area contributed by atoms with E-state index in [9.17, 15) is 14.4 Å². The zero-order chi connectivity index (χ0) is 16.9. The fraction of sp³-hybridized carbons (Fsp3) is 0.211. The van der Waals surface area contributed by atoms with Crippen LogP contribution in [-0.2, 0) is 4.79 Å². The third-order valence-corrected chi connectivity index (χ3v) is 3.99. The van der Waals surface area contributed by atoms with Crippen molar-refractivity contribution in [1.29, 1.82) is 5.26 Å². The highest BCUT2D eigenvalue weighted by Crippen LogP contribution is 2.41. The van der Waals surface area contributed by atoms with Gasteiger partial charge in [-0.15, -0.1) is 0 Å². The lowest BCUT2D eigenvalue weighted by Crippen LogP contribution is -2.30. The predicted octanol–water partition coefficient (Wildman–Crippen LogP) is 3.40. The van der Waals surface area contributed by atoms with Gasteiger partial charge in [-0.05, 0) is 42.5 Å². The van der Waals surface area contributed by atoms with Gasteiger partial charge in [0.1, 0.15) is 11.6 Å². The Kier molecular flexibility index (Phi) is 4.66. The van der Waals surface area contributed by atoms with Crippen molar-refractivity contribution in [3.8, 4) is 6.07 Å². The highest BCUT2D eigenvalue weighted by Gasteiger charge is 2.33. The van der Waals surface area contributed by atoms with Crippen LogP contribution in [0.1, 0.15) is 30.0 Å². The van der Waals surface area contributed by atoms with Crippen LogP contribution in [0.15, 0.2) is 54.2 Å². The van der Waals surface area contributed by atoms with Gasteiger partial charge in [-0.2, -0.15) is 9.65 Å². The monoisotopic (exact) mass is 321 g/mol. The molecule has 2 aromatic rings. The zero-order valence-electron chi connectivity index (χ0n) is 12.9. The summed E-state index contributed by atoms with van der Waals surface area (Å²) in [6.07, 6.45) is 4.63. The molecule has 1 N–H and O–H groups in total. The van der Waals surface area contributed by atoms with Gasteiger partial charge in [0.2, 0.25) is 5.95 Å². The number of nitrogens with zero attached hydrogens (tertiary/aromatic N) is 2. The summed E-state index contributed by atoms with van der Waals surface area (Å²) in [6, 6.07) is 14.4. The lowest BCUT2D eigenvalue weighted by molar-refractivity contribution is -0.117. The Balaban J connectivity index is 1.82. The number of hydrogen-bond donors (Lipinski definition) is 1. The number of carbonyl (C=O) groups is 1. The highest BCUT2D eigenvalue weighted by atomic mass is 19.1. The molecule has 24 heavy (non-hydrogen) atoms. The first-order chi connectivity index (χ1) is 11.7. The van der Waals surface area contributed by atoms with Crippen LogP contribution in [0.5, 0.6) is 0 Å². The van der Waals surface area contributed by atoms with E-state index in [4.69, 9.17) is 0 Å². The molecule has 0 spiro atoms. The summed E-state index contributed by atoms with van der Waals surface area (Å²) in [5.74, 6) is -0.826. The average Bonchev–Trinajstić information content (AvgIpc) is 3.44. The average molecular weight is 321 g/mol. The molecule has 0 saturated heterocycles. The second kappa shape index (κ2) is 7.05. The van der Waals surface area contributed by atoms with Crippen LogP contribution in [0.3, 0.4) is 0 Å². The molecule has 0 bridgehead atoms. The summed E-state index contributed by atoms with van der Waals surface area (Å²) in [6.45, 7) is 0. The van der Waals surface area contributed by atoms with E-state index in [-0.39, 0.29) is 17.2 Å². The Bertz CT molecular complexity index is 807. The molecule has 5 heteroatoms. The van der Waals surface area contributed by atoms with Gasteiger partial charge >= 0.3 is 0 Å². The number of amides is 1. The van der Waals surface area contributed by atoms with Gasteiger partial charge in [0.05, 0.1) is 6.04 Å². The maximum absolute atomic E-state index is 13.6. The van der Waals surface area contributed by atoms with Gasteiger partial charge in [0, 0.05) is 11.8 Å². The second-order valence-corrected chi connectivity index (χ2v) is 5.75. The number of rotatable bonds is 5. The van der Waals surface area contributed by atoms with Crippen LogP contribution in [0.25, 0.3) is 6.08 Å². The number of halogens is 1.